The van der Waals surface area contributed by atoms with Gasteiger partial charge in [0.1, 0.15) is 0 Å². The molecule has 1 saturated heterocycles. The van der Waals surface area contributed by atoms with Crippen LogP contribution >= 0.6 is 0 Å². The Bertz CT molecular complexity index is 339. The molecule has 0 bridgehead atoms. The van der Waals surface area contributed by atoms with Gasteiger partial charge >= 0.3 is 0 Å². The fourth-order valence-electron chi connectivity index (χ4n) is 2.80. The summed E-state index contributed by atoms with van der Waals surface area (Å²) in [5.74, 6) is 0. The predicted molar refractivity (Wildman–Crippen MR) is 82.7 cm³/mol. The first-order valence-electron chi connectivity index (χ1n) is 7.90. The molecule has 1 heterocycles. The van der Waals surface area contributed by atoms with Crippen LogP contribution in [0, 0.1) is 0 Å². The first kappa shape index (κ1) is 14.5. The van der Waals surface area contributed by atoms with E-state index in [9.17, 15) is 0 Å². The van der Waals surface area contributed by atoms with Gasteiger partial charge in [0.05, 0.1) is 0 Å². The van der Waals surface area contributed by atoms with E-state index < -0.39 is 0 Å². The van der Waals surface area contributed by atoms with Crippen molar-refractivity contribution < 1.29 is 0 Å². The second kappa shape index (κ2) is 8.34. The second-order valence-corrected chi connectivity index (χ2v) is 5.65. The van der Waals surface area contributed by atoms with E-state index in [-0.39, 0.29) is 0 Å². The summed E-state index contributed by atoms with van der Waals surface area (Å²) in [5.41, 5.74) is 2.91. The smallest absolute Gasteiger partial charge is 0.00796 e. The minimum Gasteiger partial charge on any atom is -0.316 e. The molecule has 1 unspecified atom stereocenters. The van der Waals surface area contributed by atoms with Crippen molar-refractivity contribution >= 4 is 0 Å². The molecule has 19 heavy (non-hydrogen) atoms. The molecule has 0 amide bonds. The van der Waals surface area contributed by atoms with E-state index >= 15 is 0 Å². The molecule has 106 valence electrons. The van der Waals surface area contributed by atoms with Crippen LogP contribution in [0.4, 0.5) is 0 Å². The van der Waals surface area contributed by atoms with Crippen molar-refractivity contribution in [1.29, 1.82) is 0 Å². The van der Waals surface area contributed by atoms with E-state index in [1.807, 2.05) is 0 Å². The summed E-state index contributed by atoms with van der Waals surface area (Å²) in [4.78, 5) is 0. The van der Waals surface area contributed by atoms with Crippen molar-refractivity contribution in [2.24, 2.45) is 0 Å². The van der Waals surface area contributed by atoms with Gasteiger partial charge in [-0.05, 0) is 62.9 Å². The monoisotopic (exact) mass is 260 g/mol. The molecule has 0 aliphatic carbocycles. The molecule has 1 aliphatic heterocycles. The Labute approximate surface area is 118 Å². The quantitative estimate of drug-likeness (QED) is 0.702. The Morgan fingerprint density at radius 2 is 1.84 bits per heavy atom. The minimum absolute atomic E-state index is 0.765. The largest absolute Gasteiger partial charge is 0.316 e. The standard InChI is InChI=1S/C17H28N2/c1-2-4-15-6-8-16(9-7-15)10-13-18-14-11-17-5-3-12-19-17/h6-9,17-19H,2-5,10-14H2,1H3. The molecule has 1 fully saturated rings. The Morgan fingerprint density at radius 1 is 1.11 bits per heavy atom. The molecule has 0 radical (unpaired) electrons. The van der Waals surface area contributed by atoms with Crippen molar-refractivity contribution in [2.75, 3.05) is 19.6 Å². The zero-order chi connectivity index (χ0) is 13.3. The number of rotatable bonds is 8. The van der Waals surface area contributed by atoms with E-state index in [1.165, 1.54) is 49.8 Å². The highest BCUT2D eigenvalue weighted by molar-refractivity contribution is 5.22. The van der Waals surface area contributed by atoms with Gasteiger partial charge in [0.2, 0.25) is 0 Å². The van der Waals surface area contributed by atoms with E-state index in [0.717, 1.165) is 25.6 Å². The van der Waals surface area contributed by atoms with Crippen LogP contribution in [0.15, 0.2) is 24.3 Å². The van der Waals surface area contributed by atoms with Crippen molar-refractivity contribution in [1.82, 2.24) is 10.6 Å². The van der Waals surface area contributed by atoms with Crippen LogP contribution in [-0.2, 0) is 12.8 Å². The summed E-state index contributed by atoms with van der Waals surface area (Å²) in [6.07, 6.45) is 7.57. The molecule has 0 aromatic heterocycles. The van der Waals surface area contributed by atoms with Crippen LogP contribution < -0.4 is 10.6 Å². The number of aryl methyl sites for hydroxylation is 1. The lowest BCUT2D eigenvalue weighted by Crippen LogP contribution is -2.28. The fraction of sp³-hybridized carbons (Fsp3) is 0.647. The lowest BCUT2D eigenvalue weighted by atomic mass is 10.1. The minimum atomic E-state index is 0.765. The molecule has 2 nitrogen and oxygen atoms in total. The zero-order valence-electron chi connectivity index (χ0n) is 12.3. The van der Waals surface area contributed by atoms with Gasteiger partial charge in [0.15, 0.2) is 0 Å². The predicted octanol–water partition coefficient (Wildman–Crippen LogP) is 2.91. The lowest BCUT2D eigenvalue weighted by Gasteiger charge is -2.10. The maximum Gasteiger partial charge on any atom is 0.00796 e. The molecule has 1 aromatic rings. The highest BCUT2D eigenvalue weighted by Crippen LogP contribution is 2.08. The number of benzene rings is 1. The molecular formula is C17H28N2. The molecule has 0 spiro atoms. The van der Waals surface area contributed by atoms with Crippen molar-refractivity contribution in [3.05, 3.63) is 35.4 Å². The molecule has 1 atom stereocenters. The maximum atomic E-state index is 3.56. The normalized spacial score (nSPS) is 18.9. The summed E-state index contributed by atoms with van der Waals surface area (Å²) in [6.45, 7) is 5.69. The molecule has 2 heteroatoms. The zero-order valence-corrected chi connectivity index (χ0v) is 12.3. The van der Waals surface area contributed by atoms with Crippen LogP contribution in [0.3, 0.4) is 0 Å². The molecule has 2 rings (SSSR count). The molecule has 1 aliphatic rings. The van der Waals surface area contributed by atoms with E-state index in [2.05, 4.69) is 41.8 Å². The summed E-state index contributed by atoms with van der Waals surface area (Å²) < 4.78 is 0. The molecule has 1 aromatic carbocycles. The van der Waals surface area contributed by atoms with Crippen molar-refractivity contribution in [3.63, 3.8) is 0 Å². The highest BCUT2D eigenvalue weighted by Gasteiger charge is 2.12. The van der Waals surface area contributed by atoms with Crippen LogP contribution in [-0.4, -0.2) is 25.7 Å². The Hall–Kier alpha value is -0.860. The van der Waals surface area contributed by atoms with Gasteiger partial charge in [0.25, 0.3) is 0 Å². The average Bonchev–Trinajstić information content (AvgIpc) is 2.94. The maximum absolute atomic E-state index is 3.56. The first-order valence-corrected chi connectivity index (χ1v) is 7.90. The fourth-order valence-corrected chi connectivity index (χ4v) is 2.80. The molecular weight excluding hydrogens is 232 g/mol. The summed E-state index contributed by atoms with van der Waals surface area (Å²) in [5, 5.41) is 7.10. The van der Waals surface area contributed by atoms with Gasteiger partial charge in [0, 0.05) is 6.04 Å². The van der Waals surface area contributed by atoms with Gasteiger partial charge in [-0.1, -0.05) is 37.6 Å². The molecule has 2 N–H and O–H groups in total. The van der Waals surface area contributed by atoms with E-state index in [0.29, 0.717) is 0 Å². The van der Waals surface area contributed by atoms with Crippen molar-refractivity contribution in [2.45, 2.75) is 51.5 Å². The summed E-state index contributed by atoms with van der Waals surface area (Å²) in [6, 6.07) is 9.89. The second-order valence-electron chi connectivity index (χ2n) is 5.65. The van der Waals surface area contributed by atoms with Gasteiger partial charge in [-0.3, -0.25) is 0 Å². The average molecular weight is 260 g/mol. The van der Waals surface area contributed by atoms with Gasteiger partial charge < -0.3 is 10.6 Å². The summed E-state index contributed by atoms with van der Waals surface area (Å²) >= 11 is 0. The third-order valence-electron chi connectivity index (χ3n) is 3.98. The van der Waals surface area contributed by atoms with Crippen LogP contribution in [0.25, 0.3) is 0 Å². The van der Waals surface area contributed by atoms with Crippen LogP contribution in [0.5, 0.6) is 0 Å². The van der Waals surface area contributed by atoms with Gasteiger partial charge in [-0.15, -0.1) is 0 Å². The van der Waals surface area contributed by atoms with E-state index in [1.54, 1.807) is 0 Å². The molecule has 0 saturated carbocycles. The van der Waals surface area contributed by atoms with Crippen molar-refractivity contribution in [3.8, 4) is 0 Å². The summed E-state index contributed by atoms with van der Waals surface area (Å²) in [7, 11) is 0. The van der Waals surface area contributed by atoms with Crippen LogP contribution in [0.1, 0.15) is 43.7 Å². The Morgan fingerprint density at radius 3 is 2.47 bits per heavy atom. The number of hydrogen-bond donors (Lipinski definition) is 2. The lowest BCUT2D eigenvalue weighted by molar-refractivity contribution is 0.525. The Balaban J connectivity index is 1.57. The highest BCUT2D eigenvalue weighted by atomic mass is 14.9. The van der Waals surface area contributed by atoms with Gasteiger partial charge in [-0.2, -0.15) is 0 Å². The number of nitrogens with one attached hydrogen (secondary N) is 2. The van der Waals surface area contributed by atoms with E-state index in [4.69, 9.17) is 0 Å². The van der Waals surface area contributed by atoms with Gasteiger partial charge in [-0.25, -0.2) is 0 Å². The number of hydrogen-bond acceptors (Lipinski definition) is 2. The first-order chi connectivity index (χ1) is 9.38. The van der Waals surface area contributed by atoms with Crippen LogP contribution in [0.2, 0.25) is 0 Å². The topological polar surface area (TPSA) is 24.1 Å². The Kier molecular flexibility index (Phi) is 6.38. The third-order valence-corrected chi connectivity index (χ3v) is 3.98. The third kappa shape index (κ3) is 5.33. The SMILES string of the molecule is CCCc1ccc(CCNCCC2CCCN2)cc1.